The van der Waals surface area contributed by atoms with Gasteiger partial charge in [0.05, 0.1) is 16.5 Å². The third kappa shape index (κ3) is 6.05. The van der Waals surface area contributed by atoms with E-state index in [1.54, 1.807) is 43.5 Å². The Bertz CT molecular complexity index is 1330. The first-order valence-electron chi connectivity index (χ1n) is 10.2. The molecule has 0 bridgehead atoms. The molecule has 1 heterocycles. The van der Waals surface area contributed by atoms with Gasteiger partial charge in [-0.25, -0.2) is 0 Å². The Morgan fingerprint density at radius 3 is 2.60 bits per heavy atom. The number of nitrogens with one attached hydrogen (secondary N) is 1. The Morgan fingerprint density at radius 1 is 1.17 bits per heavy atom. The van der Waals surface area contributed by atoms with Gasteiger partial charge in [0.25, 0.3) is 11.8 Å². The van der Waals surface area contributed by atoms with Crippen molar-refractivity contribution in [3.63, 3.8) is 0 Å². The Hall–Kier alpha value is -2.85. The number of amides is 2. The molecule has 10 heteroatoms. The van der Waals surface area contributed by atoms with Gasteiger partial charge < -0.3 is 9.47 Å². The molecule has 3 aromatic carbocycles. The van der Waals surface area contributed by atoms with Gasteiger partial charge in [-0.1, -0.05) is 47.6 Å². The summed E-state index contributed by atoms with van der Waals surface area (Å²) < 4.78 is 11.9. The number of rotatable bonds is 7. The molecule has 1 aliphatic rings. The molecule has 2 amide bonds. The largest absolute Gasteiger partial charge is 0.497 e. The molecule has 1 saturated heterocycles. The predicted molar refractivity (Wildman–Crippen MR) is 145 cm³/mol. The van der Waals surface area contributed by atoms with Crippen molar-refractivity contribution in [3.8, 4) is 11.5 Å². The van der Waals surface area contributed by atoms with Gasteiger partial charge in [0.1, 0.15) is 18.1 Å². The molecule has 0 aliphatic carbocycles. The third-order valence-electron chi connectivity index (χ3n) is 4.95. The molecule has 1 fully saturated rings. The first-order chi connectivity index (χ1) is 16.9. The summed E-state index contributed by atoms with van der Waals surface area (Å²) in [7, 11) is 1.54. The van der Waals surface area contributed by atoms with E-state index in [1.807, 2.05) is 36.4 Å². The maximum Gasteiger partial charge on any atom is 0.285 e. The first kappa shape index (κ1) is 25.2. The molecule has 0 aromatic heterocycles. The SMILES string of the molecule is COc1ccc(C(=O)NN2C(=O)/C(=C\c3ccc(OCc4ccccc4Cl)c(Br)c3)SC2=S)cc1. The fourth-order valence-electron chi connectivity index (χ4n) is 3.12. The van der Waals surface area contributed by atoms with Crippen molar-refractivity contribution in [1.82, 2.24) is 10.4 Å². The zero-order valence-electron chi connectivity index (χ0n) is 18.3. The number of ether oxygens (including phenoxy) is 2. The lowest BCUT2D eigenvalue weighted by Gasteiger charge is -2.15. The van der Waals surface area contributed by atoms with Crippen LogP contribution < -0.4 is 14.9 Å². The molecular weight excluding hydrogens is 572 g/mol. The number of hydrazine groups is 1. The second kappa shape index (κ2) is 11.3. The van der Waals surface area contributed by atoms with E-state index in [4.69, 9.17) is 33.3 Å². The summed E-state index contributed by atoms with van der Waals surface area (Å²) in [4.78, 5) is 25.8. The smallest absolute Gasteiger partial charge is 0.285 e. The minimum Gasteiger partial charge on any atom is -0.497 e. The fourth-order valence-corrected chi connectivity index (χ4v) is 5.00. The number of thiocarbonyl (C=S) groups is 1. The van der Waals surface area contributed by atoms with Crippen molar-refractivity contribution in [1.29, 1.82) is 0 Å². The lowest BCUT2D eigenvalue weighted by Crippen LogP contribution is -2.44. The van der Waals surface area contributed by atoms with Crippen LogP contribution in [0.4, 0.5) is 0 Å². The molecule has 4 rings (SSSR count). The summed E-state index contributed by atoms with van der Waals surface area (Å²) in [5.41, 5.74) is 4.59. The van der Waals surface area contributed by atoms with Crippen LogP contribution in [0.15, 0.2) is 76.1 Å². The Kier molecular flexibility index (Phi) is 8.12. The molecule has 1 N–H and O–H groups in total. The quantitative estimate of drug-likeness (QED) is 0.260. The van der Waals surface area contributed by atoms with Crippen LogP contribution in [0.1, 0.15) is 21.5 Å². The summed E-state index contributed by atoms with van der Waals surface area (Å²) in [5.74, 6) is 0.410. The van der Waals surface area contributed by atoms with Crippen LogP contribution in [0.3, 0.4) is 0 Å². The van der Waals surface area contributed by atoms with Crippen LogP contribution in [0.25, 0.3) is 6.08 Å². The van der Waals surface area contributed by atoms with E-state index in [9.17, 15) is 9.59 Å². The lowest BCUT2D eigenvalue weighted by atomic mass is 10.2. The van der Waals surface area contributed by atoms with Gasteiger partial charge in [0, 0.05) is 16.1 Å². The van der Waals surface area contributed by atoms with Gasteiger partial charge in [-0.2, -0.15) is 5.01 Å². The molecule has 0 radical (unpaired) electrons. The van der Waals surface area contributed by atoms with Crippen molar-refractivity contribution >= 4 is 73.7 Å². The number of carbonyl (C=O) groups is 2. The number of hydrogen-bond donors (Lipinski definition) is 1. The lowest BCUT2D eigenvalue weighted by molar-refractivity contribution is -0.123. The van der Waals surface area contributed by atoms with Crippen LogP contribution in [-0.2, 0) is 11.4 Å². The monoisotopic (exact) mass is 588 g/mol. The number of thioether (sulfide) groups is 1. The Morgan fingerprint density at radius 2 is 1.91 bits per heavy atom. The van der Waals surface area contributed by atoms with Crippen molar-refractivity contribution in [2.75, 3.05) is 7.11 Å². The molecule has 3 aromatic rings. The van der Waals surface area contributed by atoms with Gasteiger partial charge in [0.2, 0.25) is 0 Å². The molecule has 6 nitrogen and oxygen atoms in total. The fraction of sp³-hybridized carbons (Fsp3) is 0.0800. The molecule has 1 aliphatic heterocycles. The summed E-state index contributed by atoms with van der Waals surface area (Å²) in [6.45, 7) is 0.324. The predicted octanol–water partition coefficient (Wildman–Crippen LogP) is 6.24. The molecule has 35 heavy (non-hydrogen) atoms. The first-order valence-corrected chi connectivity index (χ1v) is 12.6. The molecule has 0 atom stereocenters. The maximum atomic E-state index is 12.9. The van der Waals surface area contributed by atoms with Crippen LogP contribution in [-0.4, -0.2) is 28.3 Å². The maximum absolute atomic E-state index is 12.9. The molecule has 0 saturated carbocycles. The van der Waals surface area contributed by atoms with Crippen molar-refractivity contribution < 1.29 is 19.1 Å². The molecule has 178 valence electrons. The molecule has 0 unspecified atom stereocenters. The highest BCUT2D eigenvalue weighted by atomic mass is 79.9. The third-order valence-corrected chi connectivity index (χ3v) is 7.24. The number of halogens is 2. The van der Waals surface area contributed by atoms with E-state index in [2.05, 4.69) is 21.4 Å². The number of benzene rings is 3. The van der Waals surface area contributed by atoms with Crippen LogP contribution >= 0.6 is 51.5 Å². The number of methoxy groups -OCH3 is 1. The van der Waals surface area contributed by atoms with E-state index >= 15 is 0 Å². The summed E-state index contributed by atoms with van der Waals surface area (Å²) in [5, 5.41) is 1.72. The summed E-state index contributed by atoms with van der Waals surface area (Å²) >= 11 is 16.1. The second-order valence-electron chi connectivity index (χ2n) is 7.26. The van der Waals surface area contributed by atoms with Crippen LogP contribution in [0.5, 0.6) is 11.5 Å². The zero-order valence-corrected chi connectivity index (χ0v) is 22.3. The van der Waals surface area contributed by atoms with E-state index in [-0.39, 0.29) is 4.32 Å². The van der Waals surface area contributed by atoms with Gasteiger partial charge >= 0.3 is 0 Å². The minimum absolute atomic E-state index is 0.238. The topological polar surface area (TPSA) is 67.9 Å². The van der Waals surface area contributed by atoms with Gasteiger partial charge in [0.15, 0.2) is 4.32 Å². The average molecular weight is 590 g/mol. The molecule has 0 spiro atoms. The molecular formula is C25H18BrClN2O4S2. The Balaban J connectivity index is 1.43. The van der Waals surface area contributed by atoms with Crippen LogP contribution in [0, 0.1) is 0 Å². The van der Waals surface area contributed by atoms with Gasteiger partial charge in [-0.05, 0) is 82.3 Å². The number of nitrogens with zero attached hydrogens (tertiary/aromatic N) is 1. The summed E-state index contributed by atoms with van der Waals surface area (Å²) in [6, 6.07) is 19.5. The number of carbonyl (C=O) groups excluding carboxylic acids is 2. The van der Waals surface area contributed by atoms with E-state index in [1.165, 1.54) is 0 Å². The Labute approximate surface area is 225 Å². The minimum atomic E-state index is -0.451. The number of hydrogen-bond acceptors (Lipinski definition) is 6. The van der Waals surface area contributed by atoms with E-state index in [0.29, 0.717) is 33.6 Å². The van der Waals surface area contributed by atoms with E-state index < -0.39 is 11.8 Å². The van der Waals surface area contributed by atoms with Crippen LogP contribution in [0.2, 0.25) is 5.02 Å². The van der Waals surface area contributed by atoms with Crippen molar-refractivity contribution in [3.05, 3.63) is 97.8 Å². The van der Waals surface area contributed by atoms with Gasteiger partial charge in [-0.3, -0.25) is 15.0 Å². The highest BCUT2D eigenvalue weighted by Gasteiger charge is 2.33. The van der Waals surface area contributed by atoms with Crippen molar-refractivity contribution in [2.24, 2.45) is 0 Å². The van der Waals surface area contributed by atoms with E-state index in [0.717, 1.165) is 32.4 Å². The highest BCUT2D eigenvalue weighted by Crippen LogP contribution is 2.34. The normalized spacial score (nSPS) is 14.4. The average Bonchev–Trinajstić information content (AvgIpc) is 3.11. The standard InChI is InChI=1S/C25H18BrClN2O4S2/c1-32-18-9-7-16(8-10-18)23(30)28-29-24(31)22(35-25(29)34)13-15-6-11-21(19(26)12-15)33-14-17-4-2-3-5-20(17)27/h2-13H,14H2,1H3,(H,28,30)/b22-13+. The zero-order chi connectivity index (χ0) is 24.9. The highest BCUT2D eigenvalue weighted by molar-refractivity contribution is 9.10. The summed E-state index contributed by atoms with van der Waals surface area (Å²) in [6.07, 6.45) is 1.71. The van der Waals surface area contributed by atoms with Gasteiger partial charge in [-0.15, -0.1) is 0 Å². The second-order valence-corrected chi connectivity index (χ2v) is 10.2. The van der Waals surface area contributed by atoms with Crippen molar-refractivity contribution in [2.45, 2.75) is 6.61 Å².